The molecule has 0 aliphatic heterocycles. The van der Waals surface area contributed by atoms with Crippen LogP contribution in [0.15, 0.2) is 12.7 Å². The fourth-order valence-electron chi connectivity index (χ4n) is 0.774. The maximum absolute atomic E-state index is 10.8. The molecule has 0 radical (unpaired) electrons. The van der Waals surface area contributed by atoms with Gasteiger partial charge in [0.15, 0.2) is 0 Å². The third-order valence-electron chi connectivity index (χ3n) is 1.50. The van der Waals surface area contributed by atoms with E-state index in [1.54, 1.807) is 6.08 Å². The average Bonchev–Trinajstić information content (AvgIpc) is 2.21. The van der Waals surface area contributed by atoms with Crippen molar-refractivity contribution in [3.05, 3.63) is 12.7 Å². The molecule has 0 aliphatic carbocycles. The molecule has 0 bridgehead atoms. The van der Waals surface area contributed by atoms with E-state index in [9.17, 15) is 4.79 Å². The van der Waals surface area contributed by atoms with Gasteiger partial charge in [-0.3, -0.25) is 4.79 Å². The molecule has 0 rings (SSSR count). The zero-order valence-electron chi connectivity index (χ0n) is 8.75. The van der Waals surface area contributed by atoms with Gasteiger partial charge >= 0.3 is 0 Å². The second kappa shape index (κ2) is 10.2. The zero-order chi connectivity index (χ0) is 10.6. The Bertz CT molecular complexity index is 159. The van der Waals surface area contributed by atoms with Crippen molar-refractivity contribution in [3.8, 4) is 0 Å². The van der Waals surface area contributed by atoms with Crippen LogP contribution in [0.3, 0.4) is 0 Å². The van der Waals surface area contributed by atoms with Gasteiger partial charge in [-0.2, -0.15) is 0 Å². The number of ether oxygens (including phenoxy) is 2. The molecule has 0 fully saturated rings. The third kappa shape index (κ3) is 9.22. The van der Waals surface area contributed by atoms with E-state index in [1.165, 1.54) is 0 Å². The van der Waals surface area contributed by atoms with Gasteiger partial charge in [-0.15, -0.1) is 6.58 Å². The molecule has 1 amide bonds. The van der Waals surface area contributed by atoms with Crippen LogP contribution in [0, 0.1) is 0 Å². The molecule has 0 aromatic rings. The van der Waals surface area contributed by atoms with Crippen molar-refractivity contribution >= 4 is 5.91 Å². The fraction of sp³-hybridized carbons (Fsp3) is 0.700. The Hall–Kier alpha value is -0.870. The summed E-state index contributed by atoms with van der Waals surface area (Å²) in [6, 6.07) is 0. The highest BCUT2D eigenvalue weighted by Gasteiger charge is 1.94. The van der Waals surface area contributed by atoms with E-state index in [0.29, 0.717) is 39.4 Å². The quantitative estimate of drug-likeness (QED) is 0.442. The van der Waals surface area contributed by atoms with E-state index in [4.69, 9.17) is 9.47 Å². The normalized spacial score (nSPS) is 9.79. The van der Waals surface area contributed by atoms with Crippen LogP contribution in [0.1, 0.15) is 13.3 Å². The van der Waals surface area contributed by atoms with E-state index in [2.05, 4.69) is 11.9 Å². The second-order valence-electron chi connectivity index (χ2n) is 2.68. The summed E-state index contributed by atoms with van der Waals surface area (Å²) in [6.45, 7) is 8.10. The predicted octanol–water partition coefficient (Wildman–Crippen LogP) is 0.732. The van der Waals surface area contributed by atoms with E-state index in [1.807, 2.05) is 6.92 Å². The molecule has 82 valence electrons. The monoisotopic (exact) mass is 201 g/mol. The summed E-state index contributed by atoms with van der Waals surface area (Å²) in [5.41, 5.74) is 0. The molecule has 4 heteroatoms. The number of nitrogens with one attached hydrogen (secondary N) is 1. The lowest BCUT2D eigenvalue weighted by Crippen LogP contribution is -2.26. The van der Waals surface area contributed by atoms with Gasteiger partial charge in [-0.25, -0.2) is 0 Å². The topological polar surface area (TPSA) is 47.6 Å². The molecular formula is C10H19NO3. The molecule has 0 aromatic heterocycles. The van der Waals surface area contributed by atoms with Crippen molar-refractivity contribution in [1.82, 2.24) is 5.32 Å². The van der Waals surface area contributed by atoms with E-state index in [-0.39, 0.29) is 5.91 Å². The lowest BCUT2D eigenvalue weighted by atomic mass is 10.4. The first kappa shape index (κ1) is 13.1. The minimum absolute atomic E-state index is 0.0523. The minimum Gasteiger partial charge on any atom is -0.377 e. The van der Waals surface area contributed by atoms with Crippen LogP contribution in [0.5, 0.6) is 0 Å². The van der Waals surface area contributed by atoms with Gasteiger partial charge in [-0.05, 0) is 0 Å². The maximum atomic E-state index is 10.8. The molecule has 14 heavy (non-hydrogen) atoms. The molecule has 4 nitrogen and oxygen atoms in total. The molecule has 0 saturated heterocycles. The summed E-state index contributed by atoms with van der Waals surface area (Å²) in [7, 11) is 0. The van der Waals surface area contributed by atoms with Gasteiger partial charge in [-0.1, -0.05) is 13.0 Å². The van der Waals surface area contributed by atoms with E-state index in [0.717, 1.165) is 0 Å². The van der Waals surface area contributed by atoms with Crippen LogP contribution < -0.4 is 5.32 Å². The summed E-state index contributed by atoms with van der Waals surface area (Å²) < 4.78 is 10.3. The average molecular weight is 201 g/mol. The zero-order valence-corrected chi connectivity index (χ0v) is 8.75. The Kier molecular flexibility index (Phi) is 9.58. The molecule has 0 atom stereocenters. The summed E-state index contributed by atoms with van der Waals surface area (Å²) >= 11 is 0. The molecule has 0 unspecified atom stereocenters. The first-order valence-electron chi connectivity index (χ1n) is 4.84. The van der Waals surface area contributed by atoms with Gasteiger partial charge in [0.25, 0.3) is 0 Å². The number of carbonyl (C=O) groups excluding carboxylic acids is 1. The fourth-order valence-corrected chi connectivity index (χ4v) is 0.774. The molecule has 0 spiro atoms. The Morgan fingerprint density at radius 3 is 2.71 bits per heavy atom. The Morgan fingerprint density at radius 1 is 1.36 bits per heavy atom. The highest BCUT2D eigenvalue weighted by molar-refractivity contribution is 5.75. The van der Waals surface area contributed by atoms with Crippen molar-refractivity contribution in [2.24, 2.45) is 0 Å². The van der Waals surface area contributed by atoms with Gasteiger partial charge in [0.05, 0.1) is 26.4 Å². The van der Waals surface area contributed by atoms with Crippen molar-refractivity contribution in [2.45, 2.75) is 13.3 Å². The van der Waals surface area contributed by atoms with Gasteiger partial charge < -0.3 is 14.8 Å². The van der Waals surface area contributed by atoms with Crippen molar-refractivity contribution in [3.63, 3.8) is 0 Å². The first-order valence-corrected chi connectivity index (χ1v) is 4.84. The number of hydrogen-bond acceptors (Lipinski definition) is 3. The summed E-state index contributed by atoms with van der Waals surface area (Å²) in [6.07, 6.45) is 2.21. The number of carbonyl (C=O) groups is 1. The van der Waals surface area contributed by atoms with Crippen molar-refractivity contribution in [1.29, 1.82) is 0 Å². The number of rotatable bonds is 9. The van der Waals surface area contributed by atoms with E-state index < -0.39 is 0 Å². The van der Waals surface area contributed by atoms with Crippen molar-refractivity contribution in [2.75, 3.05) is 33.0 Å². The van der Waals surface area contributed by atoms with Gasteiger partial charge in [0, 0.05) is 13.0 Å². The Balaban J connectivity index is 2.98. The number of amides is 1. The SMILES string of the molecule is C=CCOCCOCCNC(=O)CC. The third-order valence-corrected chi connectivity index (χ3v) is 1.50. The van der Waals surface area contributed by atoms with Crippen LogP contribution >= 0.6 is 0 Å². The standard InChI is InChI=1S/C10H19NO3/c1-3-6-13-8-9-14-7-5-11-10(12)4-2/h3H,1,4-9H2,2H3,(H,11,12). The lowest BCUT2D eigenvalue weighted by Gasteiger charge is -2.05. The van der Waals surface area contributed by atoms with Crippen LogP contribution in [0.4, 0.5) is 0 Å². The van der Waals surface area contributed by atoms with Crippen LogP contribution in [0.25, 0.3) is 0 Å². The summed E-state index contributed by atoms with van der Waals surface area (Å²) in [4.78, 5) is 10.8. The highest BCUT2D eigenvalue weighted by atomic mass is 16.5. The first-order chi connectivity index (χ1) is 6.81. The summed E-state index contributed by atoms with van der Waals surface area (Å²) in [5, 5.41) is 2.71. The maximum Gasteiger partial charge on any atom is 0.219 e. The number of hydrogen-bond donors (Lipinski definition) is 1. The van der Waals surface area contributed by atoms with Gasteiger partial charge in [0.2, 0.25) is 5.91 Å². The molecule has 0 saturated carbocycles. The second-order valence-corrected chi connectivity index (χ2v) is 2.68. The van der Waals surface area contributed by atoms with Crippen molar-refractivity contribution < 1.29 is 14.3 Å². The largest absolute Gasteiger partial charge is 0.377 e. The smallest absolute Gasteiger partial charge is 0.219 e. The van der Waals surface area contributed by atoms with Crippen LogP contribution in [-0.2, 0) is 14.3 Å². The Labute approximate surface area is 85.3 Å². The molecule has 1 N–H and O–H groups in total. The minimum atomic E-state index is 0.0523. The summed E-state index contributed by atoms with van der Waals surface area (Å²) in [5.74, 6) is 0.0523. The predicted molar refractivity (Wildman–Crippen MR) is 55.1 cm³/mol. The molecule has 0 aliphatic rings. The van der Waals surface area contributed by atoms with Crippen LogP contribution in [0.2, 0.25) is 0 Å². The molecular weight excluding hydrogens is 182 g/mol. The molecule has 0 heterocycles. The molecule has 0 aromatic carbocycles. The highest BCUT2D eigenvalue weighted by Crippen LogP contribution is 1.79. The Morgan fingerprint density at radius 2 is 2.07 bits per heavy atom. The van der Waals surface area contributed by atoms with Gasteiger partial charge in [0.1, 0.15) is 0 Å². The lowest BCUT2D eigenvalue weighted by molar-refractivity contribution is -0.121. The van der Waals surface area contributed by atoms with E-state index >= 15 is 0 Å². The van der Waals surface area contributed by atoms with Crippen LogP contribution in [-0.4, -0.2) is 38.9 Å².